The highest BCUT2D eigenvalue weighted by molar-refractivity contribution is 9.09. The van der Waals surface area contributed by atoms with E-state index in [2.05, 4.69) is 15.9 Å². The van der Waals surface area contributed by atoms with Gasteiger partial charge in [-0.15, -0.1) is 0 Å². The normalized spacial score (nSPS) is 26.2. The topological polar surface area (TPSA) is 9.23 Å². The lowest BCUT2D eigenvalue weighted by Gasteiger charge is -2.21. The van der Waals surface area contributed by atoms with Crippen molar-refractivity contribution >= 4 is 15.9 Å². The summed E-state index contributed by atoms with van der Waals surface area (Å²) in [6.07, 6.45) is 0.997. The van der Waals surface area contributed by atoms with E-state index in [1.807, 2.05) is 6.92 Å². The summed E-state index contributed by atoms with van der Waals surface area (Å²) < 4.78 is 32.4. The van der Waals surface area contributed by atoms with E-state index in [1.54, 1.807) is 13.0 Å². The van der Waals surface area contributed by atoms with Crippen LogP contribution in [0, 0.1) is 24.5 Å². The van der Waals surface area contributed by atoms with Crippen LogP contribution in [0.3, 0.4) is 0 Å². The molecule has 1 aliphatic heterocycles. The molecule has 0 aliphatic carbocycles. The van der Waals surface area contributed by atoms with Gasteiger partial charge < -0.3 is 4.74 Å². The minimum absolute atomic E-state index is 0.101. The van der Waals surface area contributed by atoms with Crippen LogP contribution in [-0.4, -0.2) is 12.7 Å². The molecular weight excluding hydrogens is 290 g/mol. The van der Waals surface area contributed by atoms with Gasteiger partial charge in [0.15, 0.2) is 0 Å². The number of hydrogen-bond donors (Lipinski definition) is 0. The molecule has 1 aromatic rings. The zero-order valence-electron chi connectivity index (χ0n) is 9.84. The second-order valence-electron chi connectivity index (χ2n) is 4.55. The highest BCUT2D eigenvalue weighted by Gasteiger charge is 2.32. The molecular formula is C13H15BrF2O. The van der Waals surface area contributed by atoms with E-state index < -0.39 is 11.6 Å². The zero-order valence-corrected chi connectivity index (χ0v) is 11.4. The minimum atomic E-state index is -0.498. The van der Waals surface area contributed by atoms with Crippen molar-refractivity contribution in [3.05, 3.63) is 34.9 Å². The van der Waals surface area contributed by atoms with E-state index in [1.165, 1.54) is 0 Å². The number of halogens is 3. The predicted octanol–water partition coefficient (Wildman–Crippen LogP) is 4.13. The molecule has 1 aromatic carbocycles. The number of hydrogen-bond acceptors (Lipinski definition) is 1. The average Bonchev–Trinajstić information content (AvgIpc) is 2.69. The van der Waals surface area contributed by atoms with Gasteiger partial charge in [-0.25, -0.2) is 8.78 Å². The lowest BCUT2D eigenvalue weighted by molar-refractivity contribution is 0.105. The van der Waals surface area contributed by atoms with Crippen molar-refractivity contribution in [3.8, 4) is 0 Å². The van der Waals surface area contributed by atoms with Crippen molar-refractivity contribution in [1.29, 1.82) is 0 Å². The molecule has 3 unspecified atom stereocenters. The van der Waals surface area contributed by atoms with Crippen LogP contribution in [0.4, 0.5) is 8.78 Å². The summed E-state index contributed by atoms with van der Waals surface area (Å²) in [4.78, 5) is -0.126. The second-order valence-corrected chi connectivity index (χ2v) is 5.54. The third-order valence-corrected chi connectivity index (χ3v) is 4.56. The molecule has 1 heterocycles. The van der Waals surface area contributed by atoms with E-state index in [0.717, 1.165) is 12.5 Å². The van der Waals surface area contributed by atoms with Gasteiger partial charge in [0.05, 0.1) is 6.10 Å². The monoisotopic (exact) mass is 304 g/mol. The smallest absolute Gasteiger partial charge is 0.130 e. The molecule has 17 heavy (non-hydrogen) atoms. The number of rotatable bonds is 2. The van der Waals surface area contributed by atoms with Gasteiger partial charge in [0.1, 0.15) is 11.6 Å². The van der Waals surface area contributed by atoms with Gasteiger partial charge >= 0.3 is 0 Å². The van der Waals surface area contributed by atoms with Crippen LogP contribution in [0.15, 0.2) is 12.1 Å². The van der Waals surface area contributed by atoms with E-state index in [4.69, 9.17) is 4.74 Å². The van der Waals surface area contributed by atoms with E-state index in [0.29, 0.717) is 17.7 Å². The Labute approximate surface area is 108 Å². The highest BCUT2D eigenvalue weighted by Crippen LogP contribution is 2.40. The van der Waals surface area contributed by atoms with Crippen molar-refractivity contribution in [3.63, 3.8) is 0 Å². The molecule has 1 aliphatic rings. The zero-order chi connectivity index (χ0) is 12.6. The molecule has 3 atom stereocenters. The van der Waals surface area contributed by atoms with Crippen molar-refractivity contribution in [2.75, 3.05) is 6.61 Å². The number of aryl methyl sites for hydroxylation is 1. The Morgan fingerprint density at radius 1 is 1.35 bits per heavy atom. The van der Waals surface area contributed by atoms with Crippen LogP contribution in [0.2, 0.25) is 0 Å². The summed E-state index contributed by atoms with van der Waals surface area (Å²) in [5.74, 6) is -0.759. The predicted molar refractivity (Wildman–Crippen MR) is 66.3 cm³/mol. The highest BCUT2D eigenvalue weighted by atomic mass is 79.9. The number of alkyl halides is 1. The third-order valence-electron chi connectivity index (χ3n) is 3.39. The van der Waals surface area contributed by atoms with E-state index in [9.17, 15) is 8.78 Å². The second kappa shape index (κ2) is 5.02. The van der Waals surface area contributed by atoms with Crippen LogP contribution in [0.25, 0.3) is 0 Å². The van der Waals surface area contributed by atoms with Gasteiger partial charge in [-0.1, -0.05) is 15.9 Å². The third kappa shape index (κ3) is 2.52. The van der Waals surface area contributed by atoms with Crippen molar-refractivity contribution < 1.29 is 13.5 Å². The van der Waals surface area contributed by atoms with Gasteiger partial charge in [-0.2, -0.15) is 0 Å². The molecule has 1 nitrogen and oxygen atoms in total. The van der Waals surface area contributed by atoms with Crippen LogP contribution in [0.5, 0.6) is 0 Å². The SMILES string of the molecule is Cc1cc(C(Br)C2CCOC2C)c(F)cc1F. The molecule has 1 saturated heterocycles. The minimum Gasteiger partial charge on any atom is -0.378 e. The number of ether oxygens (including phenoxy) is 1. The van der Waals surface area contributed by atoms with Crippen molar-refractivity contribution in [2.45, 2.75) is 31.2 Å². The maximum Gasteiger partial charge on any atom is 0.130 e. The fraction of sp³-hybridized carbons (Fsp3) is 0.538. The van der Waals surface area contributed by atoms with Gasteiger partial charge in [0.25, 0.3) is 0 Å². The maximum atomic E-state index is 13.8. The van der Waals surface area contributed by atoms with Crippen molar-refractivity contribution in [2.24, 2.45) is 5.92 Å². The molecule has 94 valence electrons. The Morgan fingerprint density at radius 3 is 2.65 bits per heavy atom. The molecule has 0 spiro atoms. The molecule has 0 bridgehead atoms. The maximum absolute atomic E-state index is 13.8. The summed E-state index contributed by atoms with van der Waals surface area (Å²) in [7, 11) is 0. The Morgan fingerprint density at radius 2 is 2.06 bits per heavy atom. The molecule has 0 amide bonds. The number of benzene rings is 1. The summed E-state index contributed by atoms with van der Waals surface area (Å²) in [6.45, 7) is 4.34. The summed E-state index contributed by atoms with van der Waals surface area (Å²) >= 11 is 3.52. The first-order valence-electron chi connectivity index (χ1n) is 5.72. The lowest BCUT2D eigenvalue weighted by Crippen LogP contribution is -2.17. The van der Waals surface area contributed by atoms with Gasteiger partial charge in [-0.3, -0.25) is 0 Å². The molecule has 0 N–H and O–H groups in total. The van der Waals surface area contributed by atoms with Crippen LogP contribution < -0.4 is 0 Å². The first kappa shape index (κ1) is 13.0. The Bertz CT molecular complexity index is 422. The Hall–Kier alpha value is -0.480. The molecule has 0 radical (unpaired) electrons. The summed E-state index contributed by atoms with van der Waals surface area (Å²) in [5, 5.41) is 0. The molecule has 0 aromatic heterocycles. The first-order chi connectivity index (χ1) is 8.00. The van der Waals surface area contributed by atoms with E-state index in [-0.39, 0.29) is 16.8 Å². The standard InChI is InChI=1S/C13H15BrF2O/c1-7-5-10(12(16)6-11(7)15)13(14)9-3-4-17-8(9)2/h5-6,8-9,13H,3-4H2,1-2H3. The quantitative estimate of drug-likeness (QED) is 0.746. The Balaban J connectivity index is 2.30. The molecule has 4 heteroatoms. The van der Waals surface area contributed by atoms with Crippen LogP contribution in [-0.2, 0) is 4.74 Å². The van der Waals surface area contributed by atoms with E-state index >= 15 is 0 Å². The van der Waals surface area contributed by atoms with Gasteiger partial charge in [-0.05, 0) is 31.9 Å². The van der Waals surface area contributed by atoms with Crippen molar-refractivity contribution in [1.82, 2.24) is 0 Å². The largest absolute Gasteiger partial charge is 0.378 e. The van der Waals surface area contributed by atoms with Crippen LogP contribution >= 0.6 is 15.9 Å². The van der Waals surface area contributed by atoms with Gasteiger partial charge in [0, 0.05) is 29.0 Å². The first-order valence-corrected chi connectivity index (χ1v) is 6.63. The fourth-order valence-corrected chi connectivity index (χ4v) is 3.30. The molecule has 0 saturated carbocycles. The summed E-state index contributed by atoms with van der Waals surface area (Å²) in [6, 6.07) is 2.54. The Kier molecular flexibility index (Phi) is 3.83. The summed E-state index contributed by atoms with van der Waals surface area (Å²) in [5.41, 5.74) is 0.990. The molecule has 1 fully saturated rings. The van der Waals surface area contributed by atoms with Crippen LogP contribution in [0.1, 0.15) is 29.3 Å². The average molecular weight is 305 g/mol. The fourth-order valence-electron chi connectivity index (χ4n) is 2.25. The molecule has 2 rings (SSSR count). The lowest BCUT2D eigenvalue weighted by atomic mass is 9.92. The van der Waals surface area contributed by atoms with Gasteiger partial charge in [0.2, 0.25) is 0 Å².